The molecule has 0 aliphatic carbocycles. The number of likely N-dealkylation sites (tertiary alicyclic amines) is 1. The van der Waals surface area contributed by atoms with Crippen molar-refractivity contribution in [1.29, 1.82) is 0 Å². The number of hydrogen-bond donors (Lipinski definition) is 2. The van der Waals surface area contributed by atoms with Crippen LogP contribution in [0, 0.1) is 0 Å². The number of nitrogens with one attached hydrogen (secondary N) is 2. The average Bonchev–Trinajstić information content (AvgIpc) is 2.97. The third-order valence-electron chi connectivity index (χ3n) is 4.62. The molecule has 5 heteroatoms. The van der Waals surface area contributed by atoms with E-state index in [0.29, 0.717) is 6.04 Å². The maximum absolute atomic E-state index is 5.46. The molecule has 3 aliphatic heterocycles. The molecule has 19 heavy (non-hydrogen) atoms. The number of ether oxygens (including phenoxy) is 1. The van der Waals surface area contributed by atoms with Crippen LogP contribution < -0.4 is 11.0 Å². The Morgan fingerprint density at radius 1 is 1.16 bits per heavy atom. The normalized spacial score (nSPS) is 27.4. The van der Waals surface area contributed by atoms with Gasteiger partial charge in [-0.25, -0.2) is 0 Å². The average molecular weight is 266 g/mol. The summed E-state index contributed by atoms with van der Waals surface area (Å²) in [4.78, 5) is 2.67. The molecule has 0 bridgehead atoms. The maximum atomic E-state index is 5.46. The number of hydrogen-bond acceptors (Lipinski definition) is 5. The highest BCUT2D eigenvalue weighted by molar-refractivity contribution is 5.02. The summed E-state index contributed by atoms with van der Waals surface area (Å²) < 4.78 is 5.46. The van der Waals surface area contributed by atoms with Crippen LogP contribution in [0.25, 0.3) is 0 Å². The zero-order chi connectivity index (χ0) is 13.1. The molecule has 2 fully saturated rings. The zero-order valence-corrected chi connectivity index (χ0v) is 11.9. The quantitative estimate of drug-likeness (QED) is 0.803. The number of piperidine rings is 1. The fraction of sp³-hybridized carbons (Fsp3) is 0.857. The van der Waals surface area contributed by atoms with Gasteiger partial charge in [0.1, 0.15) is 0 Å². The molecule has 3 heterocycles. The van der Waals surface area contributed by atoms with E-state index < -0.39 is 0 Å². The third-order valence-corrected chi connectivity index (χ3v) is 4.62. The lowest BCUT2D eigenvalue weighted by Crippen LogP contribution is -2.51. The van der Waals surface area contributed by atoms with Crippen molar-refractivity contribution in [2.45, 2.75) is 51.1 Å². The van der Waals surface area contributed by atoms with Gasteiger partial charge in [0.2, 0.25) is 0 Å². The van der Waals surface area contributed by atoms with Crippen molar-refractivity contribution in [3.8, 4) is 0 Å². The Morgan fingerprint density at radius 3 is 2.53 bits per heavy atom. The highest BCUT2D eigenvalue weighted by Gasteiger charge is 2.29. The number of allylic oxidation sites excluding steroid dienone is 1. The maximum Gasteiger partial charge on any atom is 0.0490 e. The minimum Gasteiger partial charge on any atom is -0.381 e. The molecule has 0 saturated carbocycles. The molecule has 5 nitrogen and oxygen atoms in total. The molecule has 0 radical (unpaired) electrons. The summed E-state index contributed by atoms with van der Waals surface area (Å²) in [5, 5.41) is 2.26. The van der Waals surface area contributed by atoms with Gasteiger partial charge in [-0.1, -0.05) is 6.92 Å². The summed E-state index contributed by atoms with van der Waals surface area (Å²) in [6, 6.07) is 1.40. The van der Waals surface area contributed by atoms with Gasteiger partial charge in [0.05, 0.1) is 0 Å². The van der Waals surface area contributed by atoms with Gasteiger partial charge in [-0.05, 0) is 32.1 Å². The van der Waals surface area contributed by atoms with Crippen LogP contribution in [-0.2, 0) is 4.74 Å². The van der Waals surface area contributed by atoms with Gasteiger partial charge in [0, 0.05) is 50.3 Å². The molecular weight excluding hydrogens is 240 g/mol. The smallest absolute Gasteiger partial charge is 0.0490 e. The molecule has 3 aliphatic rings. The summed E-state index contributed by atoms with van der Waals surface area (Å²) in [7, 11) is 0. The molecule has 108 valence electrons. The number of nitrogens with zero attached hydrogens (tertiary/aromatic N) is 2. The Labute approximate surface area is 115 Å². The fourth-order valence-electron chi connectivity index (χ4n) is 3.32. The van der Waals surface area contributed by atoms with Gasteiger partial charge in [-0.2, -0.15) is 0 Å². The first-order valence-corrected chi connectivity index (χ1v) is 7.69. The van der Waals surface area contributed by atoms with Crippen LogP contribution in [-0.4, -0.2) is 48.3 Å². The van der Waals surface area contributed by atoms with E-state index >= 15 is 0 Å². The summed E-state index contributed by atoms with van der Waals surface area (Å²) in [5.41, 5.74) is 7.79. The number of hydrazine groups is 2. The Hall–Kier alpha value is -0.780. The van der Waals surface area contributed by atoms with Gasteiger partial charge in [-0.3, -0.25) is 5.01 Å². The van der Waals surface area contributed by atoms with Crippen LogP contribution in [0.5, 0.6) is 0 Å². The predicted molar refractivity (Wildman–Crippen MR) is 74.9 cm³/mol. The summed E-state index contributed by atoms with van der Waals surface area (Å²) in [5.74, 6) is 0. The van der Waals surface area contributed by atoms with Crippen LogP contribution in [0.15, 0.2) is 11.9 Å². The highest BCUT2D eigenvalue weighted by Crippen LogP contribution is 2.23. The Bertz CT molecular complexity index is 319. The molecule has 0 aromatic rings. The van der Waals surface area contributed by atoms with Crippen molar-refractivity contribution >= 4 is 0 Å². The predicted octanol–water partition coefficient (Wildman–Crippen LogP) is 1.21. The van der Waals surface area contributed by atoms with E-state index in [1.807, 2.05) is 0 Å². The first kappa shape index (κ1) is 13.2. The van der Waals surface area contributed by atoms with Crippen molar-refractivity contribution in [3.63, 3.8) is 0 Å². The van der Waals surface area contributed by atoms with E-state index in [4.69, 9.17) is 4.74 Å². The minimum atomic E-state index is 0.632. The van der Waals surface area contributed by atoms with Crippen molar-refractivity contribution in [2.24, 2.45) is 0 Å². The van der Waals surface area contributed by atoms with Crippen molar-refractivity contribution in [3.05, 3.63) is 11.9 Å². The lowest BCUT2D eigenvalue weighted by Gasteiger charge is -2.41. The van der Waals surface area contributed by atoms with Gasteiger partial charge < -0.3 is 15.1 Å². The Morgan fingerprint density at radius 2 is 1.89 bits per heavy atom. The summed E-state index contributed by atoms with van der Waals surface area (Å²) >= 11 is 0. The monoisotopic (exact) mass is 266 g/mol. The lowest BCUT2D eigenvalue weighted by molar-refractivity contribution is 0.0136. The van der Waals surface area contributed by atoms with Crippen LogP contribution in [0.3, 0.4) is 0 Å². The van der Waals surface area contributed by atoms with E-state index in [-0.39, 0.29) is 0 Å². The summed E-state index contributed by atoms with van der Waals surface area (Å²) in [6.45, 7) is 6.53. The van der Waals surface area contributed by atoms with Crippen LogP contribution in [0.2, 0.25) is 0 Å². The molecular formula is C14H26N4O. The van der Waals surface area contributed by atoms with E-state index in [1.54, 1.807) is 0 Å². The second kappa shape index (κ2) is 6.11. The van der Waals surface area contributed by atoms with Crippen molar-refractivity contribution in [2.75, 3.05) is 26.3 Å². The van der Waals surface area contributed by atoms with Gasteiger partial charge in [0.15, 0.2) is 0 Å². The van der Waals surface area contributed by atoms with Crippen LogP contribution in [0.4, 0.5) is 0 Å². The molecule has 0 aromatic heterocycles. The van der Waals surface area contributed by atoms with Crippen molar-refractivity contribution < 1.29 is 4.74 Å². The molecule has 0 spiro atoms. The molecule has 0 aromatic carbocycles. The third kappa shape index (κ3) is 3.04. The largest absolute Gasteiger partial charge is 0.381 e. The van der Waals surface area contributed by atoms with Crippen molar-refractivity contribution in [1.82, 2.24) is 20.9 Å². The van der Waals surface area contributed by atoms with Gasteiger partial charge in [0.25, 0.3) is 0 Å². The minimum absolute atomic E-state index is 0.632. The molecule has 0 atom stereocenters. The van der Waals surface area contributed by atoms with Crippen LogP contribution in [0.1, 0.15) is 39.0 Å². The second-order valence-corrected chi connectivity index (χ2v) is 5.76. The SMILES string of the molecule is CCC1=CN(C2CCN(C3CCOCC3)CC2)NN1. The molecule has 3 rings (SSSR count). The fourth-order valence-corrected chi connectivity index (χ4v) is 3.32. The zero-order valence-electron chi connectivity index (χ0n) is 11.9. The molecule has 2 saturated heterocycles. The van der Waals surface area contributed by atoms with E-state index in [0.717, 1.165) is 25.7 Å². The molecule has 2 N–H and O–H groups in total. The van der Waals surface area contributed by atoms with Crippen LogP contribution >= 0.6 is 0 Å². The first-order chi connectivity index (χ1) is 9.36. The van der Waals surface area contributed by atoms with Gasteiger partial charge in [-0.15, -0.1) is 5.53 Å². The second-order valence-electron chi connectivity index (χ2n) is 5.76. The van der Waals surface area contributed by atoms with Gasteiger partial charge >= 0.3 is 0 Å². The highest BCUT2D eigenvalue weighted by atomic mass is 16.5. The Balaban J connectivity index is 1.48. The van der Waals surface area contributed by atoms with E-state index in [1.165, 1.54) is 44.5 Å². The molecule has 0 unspecified atom stereocenters. The van der Waals surface area contributed by atoms with E-state index in [2.05, 4.69) is 34.0 Å². The molecule has 0 amide bonds. The van der Waals surface area contributed by atoms with E-state index in [9.17, 15) is 0 Å². The first-order valence-electron chi connectivity index (χ1n) is 7.69. The lowest BCUT2D eigenvalue weighted by atomic mass is 9.99. The number of rotatable bonds is 3. The Kier molecular flexibility index (Phi) is 4.25. The standard InChI is InChI=1S/C14H26N4O/c1-2-12-11-18(16-15-12)14-3-7-17(8-4-14)13-5-9-19-10-6-13/h11,13-16H,2-10H2,1H3. The topological polar surface area (TPSA) is 39.8 Å². The summed E-state index contributed by atoms with van der Waals surface area (Å²) in [6.07, 6.45) is 8.22.